The van der Waals surface area contributed by atoms with Crippen LogP contribution in [0, 0.1) is 19.7 Å². The molecule has 0 aliphatic carbocycles. The van der Waals surface area contributed by atoms with Crippen LogP contribution in [-0.2, 0) is 4.79 Å². The van der Waals surface area contributed by atoms with E-state index >= 15 is 0 Å². The second-order valence-electron chi connectivity index (χ2n) is 6.49. The Kier molecular flexibility index (Phi) is 5.16. The van der Waals surface area contributed by atoms with Gasteiger partial charge in [-0.25, -0.2) is 9.07 Å². The third-order valence-corrected chi connectivity index (χ3v) is 4.35. The van der Waals surface area contributed by atoms with Crippen molar-refractivity contribution < 1.29 is 9.18 Å². The van der Waals surface area contributed by atoms with E-state index in [1.807, 2.05) is 32.0 Å². The van der Waals surface area contributed by atoms with Gasteiger partial charge in [-0.15, -0.1) is 0 Å². The number of aromatic nitrogens is 2. The number of anilines is 1. The molecule has 0 radical (unpaired) electrons. The van der Waals surface area contributed by atoms with Crippen LogP contribution in [0.5, 0.6) is 0 Å². The molecule has 0 fully saturated rings. The van der Waals surface area contributed by atoms with E-state index in [9.17, 15) is 14.0 Å². The zero-order chi connectivity index (χ0) is 19.6. The number of carbonyl (C=O) groups is 1. The fourth-order valence-corrected chi connectivity index (χ4v) is 2.75. The minimum atomic E-state index is -0.826. The van der Waals surface area contributed by atoms with Crippen molar-refractivity contribution >= 4 is 11.6 Å². The van der Waals surface area contributed by atoms with Gasteiger partial charge in [0.1, 0.15) is 11.9 Å². The quantitative estimate of drug-likeness (QED) is 0.763. The molecule has 1 atom stereocenters. The largest absolute Gasteiger partial charge is 0.324 e. The van der Waals surface area contributed by atoms with Gasteiger partial charge in [-0.2, -0.15) is 5.10 Å². The van der Waals surface area contributed by atoms with Crippen LogP contribution in [0.1, 0.15) is 24.1 Å². The third kappa shape index (κ3) is 4.11. The highest BCUT2D eigenvalue weighted by molar-refractivity contribution is 5.93. The predicted octanol–water partition coefficient (Wildman–Crippen LogP) is 3.87. The molecule has 0 aliphatic heterocycles. The molecule has 1 amide bonds. The minimum Gasteiger partial charge on any atom is -0.324 e. The molecule has 1 aromatic heterocycles. The Bertz CT molecular complexity index is 1040. The van der Waals surface area contributed by atoms with Gasteiger partial charge in [0.15, 0.2) is 0 Å². The van der Waals surface area contributed by atoms with Gasteiger partial charge in [0, 0.05) is 17.3 Å². The number of amides is 1. The van der Waals surface area contributed by atoms with Crippen LogP contribution >= 0.6 is 0 Å². The molecule has 6 heteroatoms. The molecule has 3 rings (SSSR count). The number of nitrogens with one attached hydrogen (secondary N) is 1. The van der Waals surface area contributed by atoms with E-state index in [4.69, 9.17) is 0 Å². The molecule has 1 heterocycles. The number of hydrogen-bond acceptors (Lipinski definition) is 3. The molecule has 0 spiro atoms. The Labute approximate surface area is 156 Å². The van der Waals surface area contributed by atoms with E-state index in [0.717, 1.165) is 21.4 Å². The number of aryl methyl sites for hydroxylation is 2. The van der Waals surface area contributed by atoms with Crippen LogP contribution in [0.4, 0.5) is 10.1 Å². The zero-order valence-electron chi connectivity index (χ0n) is 15.4. The monoisotopic (exact) mass is 365 g/mol. The number of carbonyl (C=O) groups excluding carboxylic acids is 1. The summed E-state index contributed by atoms with van der Waals surface area (Å²) in [7, 11) is 0. The van der Waals surface area contributed by atoms with Crippen molar-refractivity contribution in [2.45, 2.75) is 26.8 Å². The Balaban J connectivity index is 1.91. The van der Waals surface area contributed by atoms with E-state index < -0.39 is 11.9 Å². The Hall–Kier alpha value is -3.28. The van der Waals surface area contributed by atoms with Gasteiger partial charge in [0.25, 0.3) is 5.56 Å². The number of benzene rings is 2. The van der Waals surface area contributed by atoms with Crippen molar-refractivity contribution in [3.05, 3.63) is 81.9 Å². The van der Waals surface area contributed by atoms with E-state index in [2.05, 4.69) is 10.4 Å². The standard InChI is InChI=1S/C21H20FN3O2/c1-13-4-5-14(2)18(12-13)19-10-11-20(26)25(24-19)15(3)21(27)23-17-8-6-16(22)7-9-17/h4-12,15H,1-3H3,(H,23,27)/t15-/m0/s1. The molecular formula is C21H20FN3O2. The maximum atomic E-state index is 13.0. The Morgan fingerprint density at radius 3 is 2.48 bits per heavy atom. The molecule has 5 nitrogen and oxygen atoms in total. The smallest absolute Gasteiger partial charge is 0.267 e. The van der Waals surface area contributed by atoms with Gasteiger partial charge in [-0.3, -0.25) is 9.59 Å². The molecule has 0 saturated carbocycles. The van der Waals surface area contributed by atoms with Crippen molar-refractivity contribution in [1.82, 2.24) is 9.78 Å². The fourth-order valence-electron chi connectivity index (χ4n) is 2.75. The molecule has 1 N–H and O–H groups in total. The van der Waals surface area contributed by atoms with Crippen LogP contribution < -0.4 is 10.9 Å². The molecule has 0 unspecified atom stereocenters. The molecule has 138 valence electrons. The van der Waals surface area contributed by atoms with Crippen LogP contribution in [0.15, 0.2) is 59.4 Å². The van der Waals surface area contributed by atoms with Crippen molar-refractivity contribution in [3.8, 4) is 11.3 Å². The first-order valence-corrected chi connectivity index (χ1v) is 8.59. The van der Waals surface area contributed by atoms with Crippen LogP contribution in [0.3, 0.4) is 0 Å². The SMILES string of the molecule is Cc1ccc(C)c(-c2ccc(=O)n([C@@H](C)C(=O)Nc3ccc(F)cc3)n2)c1. The summed E-state index contributed by atoms with van der Waals surface area (Å²) in [4.78, 5) is 24.8. The molecule has 0 bridgehead atoms. The normalized spacial score (nSPS) is 11.9. The lowest BCUT2D eigenvalue weighted by molar-refractivity contribution is -0.119. The summed E-state index contributed by atoms with van der Waals surface area (Å²) in [6.07, 6.45) is 0. The summed E-state index contributed by atoms with van der Waals surface area (Å²) in [5, 5.41) is 7.07. The predicted molar refractivity (Wildman–Crippen MR) is 103 cm³/mol. The van der Waals surface area contributed by atoms with E-state index in [0.29, 0.717) is 11.4 Å². The second-order valence-corrected chi connectivity index (χ2v) is 6.49. The lowest BCUT2D eigenvalue weighted by Crippen LogP contribution is -2.33. The lowest BCUT2D eigenvalue weighted by Gasteiger charge is -2.15. The summed E-state index contributed by atoms with van der Waals surface area (Å²) in [5.74, 6) is -0.797. The van der Waals surface area contributed by atoms with Gasteiger partial charge < -0.3 is 5.32 Å². The Morgan fingerprint density at radius 1 is 1.07 bits per heavy atom. The average molecular weight is 365 g/mol. The van der Waals surface area contributed by atoms with Crippen LogP contribution in [-0.4, -0.2) is 15.7 Å². The van der Waals surface area contributed by atoms with Gasteiger partial charge in [0.05, 0.1) is 5.69 Å². The summed E-state index contributed by atoms with van der Waals surface area (Å²) in [5.41, 5.74) is 3.73. The molecule has 2 aromatic carbocycles. The maximum Gasteiger partial charge on any atom is 0.267 e. The molecular weight excluding hydrogens is 345 g/mol. The van der Waals surface area contributed by atoms with Gasteiger partial charge in [0.2, 0.25) is 5.91 Å². The highest BCUT2D eigenvalue weighted by Gasteiger charge is 2.18. The third-order valence-electron chi connectivity index (χ3n) is 4.35. The number of halogens is 1. The topological polar surface area (TPSA) is 64.0 Å². The summed E-state index contributed by atoms with van der Waals surface area (Å²) in [6, 6.07) is 13.7. The molecule has 27 heavy (non-hydrogen) atoms. The highest BCUT2D eigenvalue weighted by Crippen LogP contribution is 2.22. The number of rotatable bonds is 4. The molecule has 0 aliphatic rings. The van der Waals surface area contributed by atoms with Crippen LogP contribution in [0.25, 0.3) is 11.3 Å². The first kappa shape index (κ1) is 18.5. The van der Waals surface area contributed by atoms with Crippen molar-refractivity contribution in [2.24, 2.45) is 0 Å². The van der Waals surface area contributed by atoms with Crippen LogP contribution in [0.2, 0.25) is 0 Å². The lowest BCUT2D eigenvalue weighted by atomic mass is 10.0. The summed E-state index contributed by atoms with van der Waals surface area (Å²) < 4.78 is 14.2. The van der Waals surface area contributed by atoms with Crippen molar-refractivity contribution in [2.75, 3.05) is 5.32 Å². The van der Waals surface area contributed by atoms with Crippen molar-refractivity contribution in [3.63, 3.8) is 0 Å². The van der Waals surface area contributed by atoms with Gasteiger partial charge in [-0.1, -0.05) is 17.7 Å². The summed E-state index contributed by atoms with van der Waals surface area (Å²) >= 11 is 0. The minimum absolute atomic E-state index is 0.370. The first-order valence-electron chi connectivity index (χ1n) is 8.59. The van der Waals surface area contributed by atoms with Gasteiger partial charge in [-0.05, 0) is 62.7 Å². The van der Waals surface area contributed by atoms with E-state index in [1.165, 1.54) is 30.3 Å². The van der Waals surface area contributed by atoms with E-state index in [-0.39, 0.29) is 11.4 Å². The number of nitrogens with zero attached hydrogens (tertiary/aromatic N) is 2. The zero-order valence-corrected chi connectivity index (χ0v) is 15.4. The molecule has 3 aromatic rings. The van der Waals surface area contributed by atoms with E-state index in [1.54, 1.807) is 13.0 Å². The maximum absolute atomic E-state index is 13.0. The summed E-state index contributed by atoms with van der Waals surface area (Å²) in [6.45, 7) is 5.55. The Morgan fingerprint density at radius 2 is 1.78 bits per heavy atom. The van der Waals surface area contributed by atoms with Gasteiger partial charge >= 0.3 is 0 Å². The number of hydrogen-bond donors (Lipinski definition) is 1. The fraction of sp³-hybridized carbons (Fsp3) is 0.190. The second kappa shape index (κ2) is 7.53. The highest BCUT2D eigenvalue weighted by atomic mass is 19.1. The molecule has 0 saturated heterocycles. The first-order chi connectivity index (χ1) is 12.8. The average Bonchev–Trinajstić information content (AvgIpc) is 2.65. The van der Waals surface area contributed by atoms with Crippen molar-refractivity contribution in [1.29, 1.82) is 0 Å².